The van der Waals surface area contributed by atoms with Gasteiger partial charge in [-0.05, 0) is 44.9 Å². The van der Waals surface area contributed by atoms with E-state index in [1.54, 1.807) is 6.08 Å². The molecule has 0 spiro atoms. The number of amides is 2. The Morgan fingerprint density at radius 1 is 0.559 bits per heavy atom. The lowest BCUT2D eigenvalue weighted by atomic mass is 9.88. The topological polar surface area (TPSA) is 373 Å². The van der Waals surface area contributed by atoms with Gasteiger partial charge < -0.3 is 100 Å². The van der Waals surface area contributed by atoms with E-state index in [0.29, 0.717) is 12.8 Å². The zero-order chi connectivity index (χ0) is 68.2. The molecule has 3 aliphatic heterocycles. The summed E-state index contributed by atoms with van der Waals surface area (Å²) in [6, 6.07) is -2.62. The fourth-order valence-electron chi connectivity index (χ4n) is 12.6. The van der Waals surface area contributed by atoms with E-state index in [9.17, 15) is 75.7 Å². The number of aliphatic carboxylic acids is 1. The Balaban J connectivity index is 1.51. The van der Waals surface area contributed by atoms with Crippen molar-refractivity contribution in [2.75, 3.05) is 26.4 Å². The molecule has 18 atom stereocenters. The van der Waals surface area contributed by atoms with Gasteiger partial charge in [-0.1, -0.05) is 224 Å². The molecule has 18 unspecified atom stereocenters. The first kappa shape index (κ1) is 84.4. The number of hydrogen-bond acceptors (Lipinski definition) is 20. The number of allylic oxidation sites excluding steroid dienone is 3. The smallest absolute Gasteiger partial charge is 0.364 e. The molecule has 23 heteroatoms. The number of hydrogen-bond donors (Lipinski definition) is 14. The van der Waals surface area contributed by atoms with E-state index < -0.39 is 155 Å². The summed E-state index contributed by atoms with van der Waals surface area (Å²) in [6.07, 6.45) is 22.5. The van der Waals surface area contributed by atoms with Crippen LogP contribution in [0.2, 0.25) is 0 Å². The summed E-state index contributed by atoms with van der Waals surface area (Å²) in [5.41, 5.74) is 0. The molecule has 0 aromatic heterocycles. The van der Waals surface area contributed by atoms with Crippen molar-refractivity contribution in [3.05, 3.63) is 24.3 Å². The number of nitrogens with one attached hydrogen (secondary N) is 2. The van der Waals surface area contributed by atoms with Crippen LogP contribution in [-0.2, 0) is 42.8 Å². The van der Waals surface area contributed by atoms with E-state index in [-0.39, 0.29) is 12.3 Å². The quantitative estimate of drug-likeness (QED) is 0.0211. The molecule has 544 valence electrons. The molecule has 14 N–H and O–H groups in total. The molecule has 23 nitrogen and oxygen atoms in total. The average Bonchev–Trinajstić information content (AvgIpc) is 0.800. The maximum Gasteiger partial charge on any atom is 0.364 e. The van der Waals surface area contributed by atoms with E-state index in [2.05, 4.69) is 36.6 Å². The number of carbonyl (C=O) groups is 3. The maximum absolute atomic E-state index is 13.4. The Hall–Kier alpha value is -2.79. The molecule has 0 aliphatic carbocycles. The van der Waals surface area contributed by atoms with E-state index in [4.69, 9.17) is 28.4 Å². The average molecular weight is 1330 g/mol. The fourth-order valence-corrected chi connectivity index (χ4v) is 12.6. The lowest BCUT2D eigenvalue weighted by Gasteiger charge is -2.50. The van der Waals surface area contributed by atoms with Gasteiger partial charge in [0.2, 0.25) is 11.8 Å². The summed E-state index contributed by atoms with van der Waals surface area (Å²) in [6.45, 7) is 2.12. The highest BCUT2D eigenvalue weighted by atomic mass is 16.8. The van der Waals surface area contributed by atoms with Crippen molar-refractivity contribution < 1.29 is 104 Å². The Morgan fingerprint density at radius 3 is 1.46 bits per heavy atom. The van der Waals surface area contributed by atoms with Gasteiger partial charge in [-0.2, -0.15) is 0 Å². The molecule has 93 heavy (non-hydrogen) atoms. The van der Waals surface area contributed by atoms with E-state index in [1.165, 1.54) is 173 Å². The predicted molar refractivity (Wildman–Crippen MR) is 352 cm³/mol. The molecule has 0 aromatic rings. The Kier molecular flexibility index (Phi) is 45.9. The number of carboxylic acid groups (broad SMARTS) is 1. The summed E-state index contributed by atoms with van der Waals surface area (Å²) in [5.74, 6) is -6.14. The van der Waals surface area contributed by atoms with Crippen LogP contribution in [0.3, 0.4) is 0 Å². The second-order valence-corrected chi connectivity index (χ2v) is 26.4. The molecular weight excluding hydrogens is 1200 g/mol. The van der Waals surface area contributed by atoms with Gasteiger partial charge in [-0.3, -0.25) is 9.59 Å². The van der Waals surface area contributed by atoms with Gasteiger partial charge in [0.25, 0.3) is 5.79 Å². The summed E-state index contributed by atoms with van der Waals surface area (Å²) in [7, 11) is 0. The normalized spacial score (nSPS) is 28.2. The molecule has 0 saturated carbocycles. The van der Waals surface area contributed by atoms with Crippen LogP contribution >= 0.6 is 0 Å². The third kappa shape index (κ3) is 32.6. The van der Waals surface area contributed by atoms with Crippen molar-refractivity contribution in [3.8, 4) is 0 Å². The van der Waals surface area contributed by atoms with Crippen LogP contribution < -0.4 is 10.6 Å². The lowest BCUT2D eigenvalue weighted by molar-refractivity contribution is -0.386. The third-order valence-electron chi connectivity index (χ3n) is 18.4. The van der Waals surface area contributed by atoms with Crippen LogP contribution in [0, 0.1) is 0 Å². The Labute approximate surface area is 555 Å². The van der Waals surface area contributed by atoms with E-state index in [1.807, 2.05) is 6.08 Å². The highest BCUT2D eigenvalue weighted by molar-refractivity contribution is 5.77. The van der Waals surface area contributed by atoms with Crippen LogP contribution in [0.5, 0.6) is 0 Å². The molecule has 2 amide bonds. The van der Waals surface area contributed by atoms with Gasteiger partial charge in [-0.15, -0.1) is 0 Å². The first-order valence-corrected chi connectivity index (χ1v) is 36.2. The van der Waals surface area contributed by atoms with Crippen molar-refractivity contribution in [1.82, 2.24) is 10.6 Å². The number of carbonyl (C=O) groups excluding carboxylic acids is 2. The molecule has 3 aliphatic rings. The number of aliphatic hydroxyl groups is 11. The minimum absolute atomic E-state index is 0.201. The van der Waals surface area contributed by atoms with E-state index >= 15 is 0 Å². The minimum Gasteiger partial charge on any atom is -0.477 e. The second-order valence-electron chi connectivity index (χ2n) is 26.4. The standard InChI is InChI=1S/C70H128N2O21/c1-4-6-8-10-12-14-16-17-18-19-20-21-22-23-24-25-26-27-28-29-30-31-32-34-36-38-40-42-44-57(80)72-51(52(77)43-41-39-37-35-33-15-13-11-9-7-5-2)49-88-67-62(84)61(83)64(56(48-75)90-67)91-68-63(85)66(60(82)55(47-74)89-68)93-70(69(86)87)45-53(78)58(71-50(3)76)65(92-70)59(81)54(79)46-73/h23-24,41,43,51-56,58-68,73-75,77-79,81-85H,4-22,25-40,42,44-49H2,1-3H3,(H,71,76)(H,72,80)(H,86,87)/b24-23-,43-41+. The molecule has 0 aromatic carbocycles. The Morgan fingerprint density at radius 2 is 1.01 bits per heavy atom. The van der Waals surface area contributed by atoms with Crippen LogP contribution in [0.15, 0.2) is 24.3 Å². The van der Waals surface area contributed by atoms with Crippen LogP contribution in [0.1, 0.15) is 265 Å². The number of aliphatic hydroxyl groups excluding tert-OH is 11. The molecular formula is C70H128N2O21. The summed E-state index contributed by atoms with van der Waals surface area (Å²) in [5, 5.41) is 136. The fraction of sp³-hybridized carbons (Fsp3) is 0.900. The zero-order valence-corrected chi connectivity index (χ0v) is 56.9. The van der Waals surface area contributed by atoms with Gasteiger partial charge in [0.05, 0.1) is 50.7 Å². The van der Waals surface area contributed by atoms with Crippen molar-refractivity contribution >= 4 is 17.8 Å². The first-order chi connectivity index (χ1) is 44.9. The third-order valence-corrected chi connectivity index (χ3v) is 18.4. The maximum atomic E-state index is 13.4. The summed E-state index contributed by atoms with van der Waals surface area (Å²) < 4.78 is 34.8. The number of unbranched alkanes of at least 4 members (excludes halogenated alkanes) is 33. The lowest BCUT2D eigenvalue weighted by Crippen LogP contribution is -2.70. The van der Waals surface area contributed by atoms with Crippen molar-refractivity contribution in [3.63, 3.8) is 0 Å². The highest BCUT2D eigenvalue weighted by Crippen LogP contribution is 2.39. The van der Waals surface area contributed by atoms with Crippen molar-refractivity contribution in [2.24, 2.45) is 0 Å². The minimum atomic E-state index is -3.08. The zero-order valence-electron chi connectivity index (χ0n) is 56.9. The SMILES string of the molecule is CCCCCCCCCCC/C=C/C(O)C(COC1OC(CO)C(OC2OC(CO)C(O)C(OC3(C(=O)O)CC(O)C(NC(C)=O)C(C(O)C(O)CO)O3)C2O)C(O)C1O)NC(=O)CCCCCCCCCCCCCC/C=C\CCCCCCCCCCCCCC. The summed E-state index contributed by atoms with van der Waals surface area (Å²) in [4.78, 5) is 38.5. The first-order valence-electron chi connectivity index (χ1n) is 36.2. The molecule has 3 saturated heterocycles. The van der Waals surface area contributed by atoms with Crippen LogP contribution in [-0.4, -0.2) is 215 Å². The number of carboxylic acids is 1. The predicted octanol–water partition coefficient (Wildman–Crippen LogP) is 7.23. The molecule has 0 radical (unpaired) electrons. The number of ether oxygens (including phenoxy) is 6. The van der Waals surface area contributed by atoms with Gasteiger partial charge in [0.1, 0.15) is 67.1 Å². The second kappa shape index (κ2) is 50.5. The van der Waals surface area contributed by atoms with Crippen molar-refractivity contribution in [2.45, 2.75) is 375 Å². The van der Waals surface area contributed by atoms with Gasteiger partial charge in [-0.25, -0.2) is 4.79 Å². The largest absolute Gasteiger partial charge is 0.477 e. The van der Waals surface area contributed by atoms with Crippen molar-refractivity contribution in [1.29, 1.82) is 0 Å². The van der Waals surface area contributed by atoms with Gasteiger partial charge >= 0.3 is 5.97 Å². The monoisotopic (exact) mass is 1330 g/mol. The molecule has 3 fully saturated rings. The van der Waals surface area contributed by atoms with E-state index in [0.717, 1.165) is 51.9 Å². The Bertz CT molecular complexity index is 1970. The summed E-state index contributed by atoms with van der Waals surface area (Å²) >= 11 is 0. The van der Waals surface area contributed by atoms with Crippen LogP contribution in [0.25, 0.3) is 0 Å². The molecule has 3 heterocycles. The van der Waals surface area contributed by atoms with Crippen LogP contribution in [0.4, 0.5) is 0 Å². The van der Waals surface area contributed by atoms with Gasteiger partial charge in [0, 0.05) is 19.8 Å². The number of rotatable bonds is 55. The molecule has 0 bridgehead atoms. The highest BCUT2D eigenvalue weighted by Gasteiger charge is 2.60. The molecule has 3 rings (SSSR count). The van der Waals surface area contributed by atoms with Gasteiger partial charge in [0.15, 0.2) is 12.6 Å².